The summed E-state index contributed by atoms with van der Waals surface area (Å²) in [5, 5.41) is 16.6. The van der Waals surface area contributed by atoms with Crippen molar-refractivity contribution in [1.82, 2.24) is 5.43 Å². The summed E-state index contributed by atoms with van der Waals surface area (Å²) in [4.78, 5) is 23.5. The molecule has 0 aliphatic carbocycles. The third kappa shape index (κ3) is 5.22. The zero-order valence-corrected chi connectivity index (χ0v) is 14.1. The Morgan fingerprint density at radius 3 is 2.60 bits per heavy atom. The number of carbonyl (C=O) groups excluding carboxylic acids is 2. The summed E-state index contributed by atoms with van der Waals surface area (Å²) in [6.45, 7) is 2.19. The fourth-order valence-electron chi connectivity index (χ4n) is 1.85. The number of hydrogen-bond acceptors (Lipinski definition) is 5. The SMILES string of the molecule is CCOc1cccc(/C=N/NC(=O)C(=O)Nc2ccc(Cl)cc2)c1O. The van der Waals surface area contributed by atoms with Crippen molar-refractivity contribution in [3.63, 3.8) is 0 Å². The first-order chi connectivity index (χ1) is 12.0. The molecule has 0 radical (unpaired) electrons. The number of carbonyl (C=O) groups is 2. The minimum atomic E-state index is -0.952. The number of halogens is 1. The van der Waals surface area contributed by atoms with Crippen molar-refractivity contribution in [3.8, 4) is 11.5 Å². The number of nitrogens with zero attached hydrogens (tertiary/aromatic N) is 1. The Morgan fingerprint density at radius 2 is 1.92 bits per heavy atom. The number of phenolic OH excluding ortho intramolecular Hbond substituents is 1. The van der Waals surface area contributed by atoms with Crippen LogP contribution in [0.15, 0.2) is 47.6 Å². The van der Waals surface area contributed by atoms with E-state index in [0.717, 1.165) is 0 Å². The van der Waals surface area contributed by atoms with Gasteiger partial charge in [0.05, 0.1) is 12.8 Å². The van der Waals surface area contributed by atoms with Crippen LogP contribution < -0.4 is 15.5 Å². The maximum Gasteiger partial charge on any atom is 0.329 e. The molecule has 0 saturated carbocycles. The number of ether oxygens (including phenoxy) is 1. The molecular formula is C17H16ClN3O4. The molecule has 0 aliphatic heterocycles. The van der Waals surface area contributed by atoms with Gasteiger partial charge in [-0.1, -0.05) is 17.7 Å². The van der Waals surface area contributed by atoms with Crippen molar-refractivity contribution in [2.24, 2.45) is 5.10 Å². The van der Waals surface area contributed by atoms with Gasteiger partial charge in [0, 0.05) is 16.3 Å². The number of nitrogens with one attached hydrogen (secondary N) is 2. The number of phenols is 1. The quantitative estimate of drug-likeness (QED) is 0.433. The highest BCUT2D eigenvalue weighted by atomic mass is 35.5. The molecule has 7 nitrogen and oxygen atoms in total. The Labute approximate surface area is 149 Å². The van der Waals surface area contributed by atoms with Gasteiger partial charge in [0.25, 0.3) is 0 Å². The molecule has 0 aliphatic rings. The third-order valence-corrected chi connectivity index (χ3v) is 3.26. The van der Waals surface area contributed by atoms with Gasteiger partial charge in [0.15, 0.2) is 11.5 Å². The predicted octanol–water partition coefficient (Wildman–Crippen LogP) is 2.53. The van der Waals surface area contributed by atoms with Gasteiger partial charge in [-0.05, 0) is 43.3 Å². The zero-order chi connectivity index (χ0) is 18.2. The lowest BCUT2D eigenvalue weighted by Gasteiger charge is -2.07. The largest absolute Gasteiger partial charge is 0.504 e. The highest BCUT2D eigenvalue weighted by molar-refractivity contribution is 6.39. The van der Waals surface area contributed by atoms with E-state index in [-0.39, 0.29) is 5.75 Å². The first-order valence-corrected chi connectivity index (χ1v) is 7.73. The summed E-state index contributed by atoms with van der Waals surface area (Å²) < 4.78 is 5.25. The second-order valence-corrected chi connectivity index (χ2v) is 5.22. The second-order valence-electron chi connectivity index (χ2n) is 4.79. The van der Waals surface area contributed by atoms with Gasteiger partial charge in [-0.2, -0.15) is 5.10 Å². The molecule has 0 spiro atoms. The molecule has 0 bridgehead atoms. The minimum absolute atomic E-state index is 0.104. The van der Waals surface area contributed by atoms with Crippen LogP contribution in [-0.2, 0) is 9.59 Å². The number of benzene rings is 2. The van der Waals surface area contributed by atoms with E-state index in [1.54, 1.807) is 49.4 Å². The van der Waals surface area contributed by atoms with Crippen molar-refractivity contribution in [1.29, 1.82) is 0 Å². The third-order valence-electron chi connectivity index (χ3n) is 3.01. The van der Waals surface area contributed by atoms with Gasteiger partial charge in [-0.25, -0.2) is 5.43 Å². The number of hydrogen-bond donors (Lipinski definition) is 3. The van der Waals surface area contributed by atoms with E-state index in [9.17, 15) is 14.7 Å². The maximum atomic E-state index is 11.7. The van der Waals surface area contributed by atoms with Crippen molar-refractivity contribution < 1.29 is 19.4 Å². The molecule has 0 fully saturated rings. The number of para-hydroxylation sites is 1. The Kier molecular flexibility index (Phi) is 6.36. The molecule has 8 heteroatoms. The van der Waals surface area contributed by atoms with E-state index >= 15 is 0 Å². The summed E-state index contributed by atoms with van der Waals surface area (Å²) in [6, 6.07) is 11.2. The van der Waals surface area contributed by atoms with Crippen LogP contribution in [0.4, 0.5) is 5.69 Å². The molecule has 130 valence electrons. The molecular weight excluding hydrogens is 346 g/mol. The average molecular weight is 362 g/mol. The smallest absolute Gasteiger partial charge is 0.329 e. The summed E-state index contributed by atoms with van der Waals surface area (Å²) in [5.41, 5.74) is 2.85. The van der Waals surface area contributed by atoms with Crippen LogP contribution in [0.2, 0.25) is 5.02 Å². The molecule has 2 aromatic rings. The second kappa shape index (κ2) is 8.70. The van der Waals surface area contributed by atoms with Gasteiger partial charge in [0.1, 0.15) is 0 Å². The van der Waals surface area contributed by atoms with E-state index < -0.39 is 11.8 Å². The first-order valence-electron chi connectivity index (χ1n) is 7.36. The van der Waals surface area contributed by atoms with Crippen LogP contribution in [0.1, 0.15) is 12.5 Å². The average Bonchev–Trinajstić information content (AvgIpc) is 2.60. The number of anilines is 1. The van der Waals surface area contributed by atoms with Gasteiger partial charge >= 0.3 is 11.8 Å². The molecule has 2 amide bonds. The maximum absolute atomic E-state index is 11.7. The Balaban J connectivity index is 1.95. The van der Waals surface area contributed by atoms with E-state index in [1.807, 2.05) is 0 Å². The van der Waals surface area contributed by atoms with Crippen molar-refractivity contribution in [3.05, 3.63) is 53.1 Å². The molecule has 0 atom stereocenters. The fourth-order valence-corrected chi connectivity index (χ4v) is 1.97. The Hall–Kier alpha value is -3.06. The van der Waals surface area contributed by atoms with Crippen LogP contribution in [0.3, 0.4) is 0 Å². The van der Waals surface area contributed by atoms with Crippen molar-refractivity contribution in [2.45, 2.75) is 6.92 Å². The number of aromatic hydroxyl groups is 1. The van der Waals surface area contributed by atoms with Crippen LogP contribution in [-0.4, -0.2) is 29.7 Å². The van der Waals surface area contributed by atoms with E-state index in [4.69, 9.17) is 16.3 Å². The fraction of sp³-hybridized carbons (Fsp3) is 0.118. The standard InChI is InChI=1S/C17H16ClN3O4/c1-2-25-14-5-3-4-11(15(14)22)10-19-21-17(24)16(23)20-13-8-6-12(18)7-9-13/h3-10,22H,2H2,1H3,(H,20,23)(H,21,24)/b19-10+. The van der Waals surface area contributed by atoms with E-state index in [0.29, 0.717) is 28.6 Å². The highest BCUT2D eigenvalue weighted by Crippen LogP contribution is 2.28. The highest BCUT2D eigenvalue weighted by Gasteiger charge is 2.13. The molecule has 0 saturated heterocycles. The van der Waals surface area contributed by atoms with Gasteiger partial charge in [-0.15, -0.1) is 0 Å². The summed E-state index contributed by atoms with van der Waals surface area (Å²) >= 11 is 5.74. The van der Waals surface area contributed by atoms with Crippen LogP contribution >= 0.6 is 11.6 Å². The van der Waals surface area contributed by atoms with Gasteiger partial charge < -0.3 is 15.2 Å². The molecule has 2 rings (SSSR count). The summed E-state index contributed by atoms with van der Waals surface area (Å²) in [6.07, 6.45) is 1.21. The normalized spacial score (nSPS) is 10.5. The molecule has 0 heterocycles. The van der Waals surface area contributed by atoms with E-state index in [1.165, 1.54) is 6.21 Å². The number of amides is 2. The van der Waals surface area contributed by atoms with Crippen molar-refractivity contribution >= 4 is 35.3 Å². The molecule has 25 heavy (non-hydrogen) atoms. The minimum Gasteiger partial charge on any atom is -0.504 e. The lowest BCUT2D eigenvalue weighted by Crippen LogP contribution is -2.32. The lowest BCUT2D eigenvalue weighted by atomic mass is 10.2. The zero-order valence-electron chi connectivity index (χ0n) is 13.3. The van der Waals surface area contributed by atoms with Crippen LogP contribution in [0, 0.1) is 0 Å². The Morgan fingerprint density at radius 1 is 1.20 bits per heavy atom. The molecule has 0 aromatic heterocycles. The topological polar surface area (TPSA) is 100 Å². The number of hydrazone groups is 1. The predicted molar refractivity (Wildman–Crippen MR) is 95.1 cm³/mol. The monoisotopic (exact) mass is 361 g/mol. The summed E-state index contributed by atoms with van der Waals surface area (Å²) in [5.74, 6) is -1.63. The van der Waals surface area contributed by atoms with Crippen LogP contribution in [0.5, 0.6) is 11.5 Å². The van der Waals surface area contributed by atoms with Gasteiger partial charge in [-0.3, -0.25) is 9.59 Å². The van der Waals surface area contributed by atoms with E-state index in [2.05, 4.69) is 15.8 Å². The molecule has 0 unspecified atom stereocenters. The molecule has 3 N–H and O–H groups in total. The Bertz CT molecular complexity index is 791. The van der Waals surface area contributed by atoms with Crippen molar-refractivity contribution in [2.75, 3.05) is 11.9 Å². The number of rotatable bonds is 5. The van der Waals surface area contributed by atoms with Gasteiger partial charge in [0.2, 0.25) is 0 Å². The molecule has 2 aromatic carbocycles. The first kappa shape index (κ1) is 18.3. The van der Waals surface area contributed by atoms with Crippen LogP contribution in [0.25, 0.3) is 0 Å². The lowest BCUT2D eigenvalue weighted by molar-refractivity contribution is -0.136. The summed E-state index contributed by atoms with van der Waals surface area (Å²) in [7, 11) is 0.